The zero-order valence-electron chi connectivity index (χ0n) is 13.1. The molecule has 0 radical (unpaired) electrons. The standard InChI is InChI=1S/C18H19F2NO3/c19-18(20)24-16-9-7-14(8-10-16)13-17(22)21-11-4-12-23-15-5-2-1-3-6-15/h1-3,5-10,18H,4,11-13H2,(H,21,22). The summed E-state index contributed by atoms with van der Waals surface area (Å²) in [6, 6.07) is 15.5. The fraction of sp³-hybridized carbons (Fsp3) is 0.278. The molecular formula is C18H19F2NO3. The van der Waals surface area contributed by atoms with E-state index < -0.39 is 6.61 Å². The van der Waals surface area contributed by atoms with E-state index >= 15 is 0 Å². The fourth-order valence-electron chi connectivity index (χ4n) is 2.04. The van der Waals surface area contributed by atoms with Crippen molar-refractivity contribution >= 4 is 5.91 Å². The third-order valence-corrected chi connectivity index (χ3v) is 3.17. The van der Waals surface area contributed by atoms with Crippen molar-refractivity contribution in [1.82, 2.24) is 5.32 Å². The largest absolute Gasteiger partial charge is 0.494 e. The molecule has 0 saturated carbocycles. The first-order valence-electron chi connectivity index (χ1n) is 7.62. The molecule has 1 amide bonds. The number of hydrogen-bond acceptors (Lipinski definition) is 3. The van der Waals surface area contributed by atoms with Crippen molar-refractivity contribution in [3.8, 4) is 11.5 Å². The molecule has 0 spiro atoms. The van der Waals surface area contributed by atoms with E-state index in [1.54, 1.807) is 12.1 Å². The van der Waals surface area contributed by atoms with Crippen molar-refractivity contribution in [3.63, 3.8) is 0 Å². The van der Waals surface area contributed by atoms with Crippen LogP contribution in [0.15, 0.2) is 54.6 Å². The van der Waals surface area contributed by atoms with Gasteiger partial charge in [-0.05, 0) is 36.2 Å². The molecule has 0 atom stereocenters. The van der Waals surface area contributed by atoms with E-state index in [0.717, 1.165) is 11.3 Å². The summed E-state index contributed by atoms with van der Waals surface area (Å²) in [6.07, 6.45) is 0.885. The monoisotopic (exact) mass is 335 g/mol. The fourth-order valence-corrected chi connectivity index (χ4v) is 2.04. The van der Waals surface area contributed by atoms with Gasteiger partial charge in [-0.1, -0.05) is 30.3 Å². The van der Waals surface area contributed by atoms with Crippen molar-refractivity contribution in [1.29, 1.82) is 0 Å². The molecule has 6 heteroatoms. The van der Waals surface area contributed by atoms with Crippen LogP contribution in [0.4, 0.5) is 8.78 Å². The number of benzene rings is 2. The summed E-state index contributed by atoms with van der Waals surface area (Å²) in [6.45, 7) is -1.82. The van der Waals surface area contributed by atoms with E-state index in [-0.39, 0.29) is 18.1 Å². The molecule has 24 heavy (non-hydrogen) atoms. The molecule has 0 unspecified atom stereocenters. The SMILES string of the molecule is O=C(Cc1ccc(OC(F)F)cc1)NCCCOc1ccccc1. The van der Waals surface area contributed by atoms with Crippen LogP contribution in [0.5, 0.6) is 11.5 Å². The van der Waals surface area contributed by atoms with Crippen molar-refractivity contribution in [2.24, 2.45) is 0 Å². The van der Waals surface area contributed by atoms with Gasteiger partial charge in [-0.2, -0.15) is 8.78 Å². The average molecular weight is 335 g/mol. The number of carbonyl (C=O) groups is 1. The summed E-state index contributed by atoms with van der Waals surface area (Å²) in [5.41, 5.74) is 0.731. The van der Waals surface area contributed by atoms with Gasteiger partial charge in [-0.25, -0.2) is 0 Å². The second-order valence-corrected chi connectivity index (χ2v) is 5.06. The predicted octanol–water partition coefficient (Wildman–Crippen LogP) is 3.42. The lowest BCUT2D eigenvalue weighted by molar-refractivity contribution is -0.120. The Bertz CT molecular complexity index is 618. The highest BCUT2D eigenvalue weighted by Gasteiger charge is 2.06. The Morgan fingerprint density at radius 3 is 2.38 bits per heavy atom. The van der Waals surface area contributed by atoms with Gasteiger partial charge >= 0.3 is 6.61 Å². The Hall–Kier alpha value is -2.63. The average Bonchev–Trinajstić information content (AvgIpc) is 2.57. The van der Waals surface area contributed by atoms with Gasteiger partial charge in [0.05, 0.1) is 13.0 Å². The lowest BCUT2D eigenvalue weighted by Crippen LogP contribution is -2.27. The van der Waals surface area contributed by atoms with Gasteiger partial charge < -0.3 is 14.8 Å². The minimum absolute atomic E-state index is 0.0761. The molecule has 0 bridgehead atoms. The van der Waals surface area contributed by atoms with Gasteiger partial charge in [0.1, 0.15) is 11.5 Å². The molecule has 0 aliphatic heterocycles. The normalized spacial score (nSPS) is 10.5. The van der Waals surface area contributed by atoms with Crippen molar-refractivity contribution < 1.29 is 23.0 Å². The topological polar surface area (TPSA) is 47.6 Å². The number of halogens is 2. The van der Waals surface area contributed by atoms with E-state index in [4.69, 9.17) is 4.74 Å². The van der Waals surface area contributed by atoms with E-state index in [9.17, 15) is 13.6 Å². The van der Waals surface area contributed by atoms with E-state index in [0.29, 0.717) is 19.6 Å². The molecule has 0 aliphatic rings. The Balaban J connectivity index is 1.62. The first-order chi connectivity index (χ1) is 11.6. The third-order valence-electron chi connectivity index (χ3n) is 3.17. The van der Waals surface area contributed by atoms with Crippen LogP contribution in [-0.4, -0.2) is 25.7 Å². The summed E-state index contributed by atoms with van der Waals surface area (Å²) in [5.74, 6) is 0.749. The maximum atomic E-state index is 12.0. The Kier molecular flexibility index (Phi) is 7.01. The third kappa shape index (κ3) is 6.64. The molecular weight excluding hydrogens is 316 g/mol. The molecule has 128 valence electrons. The van der Waals surface area contributed by atoms with Crippen LogP contribution in [0.25, 0.3) is 0 Å². The predicted molar refractivity (Wildman–Crippen MR) is 86.3 cm³/mol. The second-order valence-electron chi connectivity index (χ2n) is 5.06. The van der Waals surface area contributed by atoms with Crippen LogP contribution in [0.2, 0.25) is 0 Å². The first kappa shape index (κ1) is 17.7. The second kappa shape index (κ2) is 9.50. The molecule has 2 rings (SSSR count). The highest BCUT2D eigenvalue weighted by molar-refractivity contribution is 5.78. The number of amides is 1. The molecule has 0 heterocycles. The number of rotatable bonds is 9. The van der Waals surface area contributed by atoms with Crippen LogP contribution in [-0.2, 0) is 11.2 Å². The summed E-state index contributed by atoms with van der Waals surface area (Å²) in [5, 5.41) is 2.79. The van der Waals surface area contributed by atoms with Crippen molar-refractivity contribution in [3.05, 3.63) is 60.2 Å². The number of nitrogens with one attached hydrogen (secondary N) is 1. The van der Waals surface area contributed by atoms with Gasteiger partial charge in [-0.3, -0.25) is 4.79 Å². The number of carbonyl (C=O) groups excluding carboxylic acids is 1. The van der Waals surface area contributed by atoms with Crippen LogP contribution < -0.4 is 14.8 Å². The van der Waals surface area contributed by atoms with Crippen molar-refractivity contribution in [2.45, 2.75) is 19.5 Å². The van der Waals surface area contributed by atoms with Gasteiger partial charge in [-0.15, -0.1) is 0 Å². The summed E-state index contributed by atoms with van der Waals surface area (Å²) < 4.78 is 33.9. The minimum atomic E-state index is -2.85. The Morgan fingerprint density at radius 2 is 1.71 bits per heavy atom. The smallest absolute Gasteiger partial charge is 0.387 e. The minimum Gasteiger partial charge on any atom is -0.494 e. The lowest BCUT2D eigenvalue weighted by atomic mass is 10.1. The zero-order valence-corrected chi connectivity index (χ0v) is 13.1. The van der Waals surface area contributed by atoms with Gasteiger partial charge in [0.15, 0.2) is 0 Å². The number of ether oxygens (including phenoxy) is 2. The summed E-state index contributed by atoms with van der Waals surface area (Å²) in [4.78, 5) is 11.8. The number of alkyl halides is 2. The first-order valence-corrected chi connectivity index (χ1v) is 7.62. The van der Waals surface area contributed by atoms with E-state index in [1.807, 2.05) is 30.3 Å². The van der Waals surface area contributed by atoms with Gasteiger partial charge in [0.2, 0.25) is 5.91 Å². The molecule has 0 aliphatic carbocycles. The Labute approximate surface area is 139 Å². The van der Waals surface area contributed by atoms with E-state index in [2.05, 4.69) is 10.1 Å². The quantitative estimate of drug-likeness (QED) is 0.714. The molecule has 0 aromatic heterocycles. The zero-order chi connectivity index (χ0) is 17.2. The lowest BCUT2D eigenvalue weighted by Gasteiger charge is -2.08. The molecule has 0 fully saturated rings. The van der Waals surface area contributed by atoms with Crippen LogP contribution in [0, 0.1) is 0 Å². The van der Waals surface area contributed by atoms with Crippen LogP contribution in [0.3, 0.4) is 0 Å². The van der Waals surface area contributed by atoms with Crippen LogP contribution >= 0.6 is 0 Å². The number of hydrogen-bond donors (Lipinski definition) is 1. The Morgan fingerprint density at radius 1 is 1.00 bits per heavy atom. The molecule has 2 aromatic rings. The maximum absolute atomic E-state index is 12.0. The molecule has 2 aromatic carbocycles. The molecule has 0 saturated heterocycles. The van der Waals surface area contributed by atoms with E-state index in [1.165, 1.54) is 12.1 Å². The highest BCUT2D eigenvalue weighted by atomic mass is 19.3. The number of para-hydroxylation sites is 1. The van der Waals surface area contributed by atoms with Crippen molar-refractivity contribution in [2.75, 3.05) is 13.2 Å². The summed E-state index contributed by atoms with van der Waals surface area (Å²) in [7, 11) is 0. The summed E-state index contributed by atoms with van der Waals surface area (Å²) >= 11 is 0. The molecule has 4 nitrogen and oxygen atoms in total. The molecule has 1 N–H and O–H groups in total. The maximum Gasteiger partial charge on any atom is 0.387 e. The van der Waals surface area contributed by atoms with Gasteiger partial charge in [0.25, 0.3) is 0 Å². The van der Waals surface area contributed by atoms with Gasteiger partial charge in [0, 0.05) is 6.54 Å². The highest BCUT2D eigenvalue weighted by Crippen LogP contribution is 2.15. The van der Waals surface area contributed by atoms with Crippen LogP contribution in [0.1, 0.15) is 12.0 Å².